The topological polar surface area (TPSA) is 62.7 Å². The number of nitrogens with zero attached hydrogens (tertiary/aromatic N) is 2. The minimum Gasteiger partial charge on any atom is -0.505 e. The number of likely N-dealkylation sites (N-methyl/N-ethyl adjacent to an activating group) is 1. The number of rotatable bonds is 3. The van der Waals surface area contributed by atoms with Gasteiger partial charge in [-0.1, -0.05) is 0 Å². The number of pyridine rings is 1. The molecule has 5 nitrogen and oxygen atoms in total. The van der Waals surface area contributed by atoms with Gasteiger partial charge in [-0.25, -0.2) is 0 Å². The molecule has 1 unspecified atom stereocenters. The predicted octanol–water partition coefficient (Wildman–Crippen LogP) is 1.04. The number of hydrogen-bond donors (Lipinski definition) is 1. The molecule has 1 aliphatic rings. The summed E-state index contributed by atoms with van der Waals surface area (Å²) in [5.74, 6) is -0.294. The average molecular weight is 236 g/mol. The highest BCUT2D eigenvalue weighted by Gasteiger charge is 2.22. The third kappa shape index (κ3) is 2.74. The molecule has 0 aromatic carbocycles. The highest BCUT2D eigenvalue weighted by atomic mass is 16.5. The lowest BCUT2D eigenvalue weighted by Gasteiger charge is -2.21. The summed E-state index contributed by atoms with van der Waals surface area (Å²) in [6.45, 7) is 1.33. The summed E-state index contributed by atoms with van der Waals surface area (Å²) in [5, 5.41) is 9.55. The quantitative estimate of drug-likeness (QED) is 0.851. The van der Waals surface area contributed by atoms with Crippen LogP contribution in [0.15, 0.2) is 18.5 Å². The van der Waals surface area contributed by atoms with Crippen molar-refractivity contribution in [2.75, 3.05) is 20.2 Å². The molecule has 1 fully saturated rings. The van der Waals surface area contributed by atoms with E-state index >= 15 is 0 Å². The minimum absolute atomic E-state index is 0.0864. The molecular formula is C12H16N2O3. The maximum Gasteiger partial charge on any atom is 0.257 e. The normalized spacial score (nSPS) is 19.2. The number of amides is 1. The van der Waals surface area contributed by atoms with Crippen molar-refractivity contribution in [3.8, 4) is 5.75 Å². The number of carbonyl (C=O) groups excluding carboxylic acids is 1. The number of ether oxygens (including phenoxy) is 1. The molecule has 0 radical (unpaired) electrons. The van der Waals surface area contributed by atoms with Gasteiger partial charge in [-0.15, -0.1) is 0 Å². The third-order valence-electron chi connectivity index (χ3n) is 2.88. The largest absolute Gasteiger partial charge is 0.505 e. The van der Waals surface area contributed by atoms with E-state index in [-0.39, 0.29) is 23.3 Å². The first-order valence-electron chi connectivity index (χ1n) is 5.68. The zero-order chi connectivity index (χ0) is 12.3. The molecule has 2 rings (SSSR count). The van der Waals surface area contributed by atoms with Crippen LogP contribution < -0.4 is 0 Å². The Labute approximate surface area is 100 Å². The third-order valence-corrected chi connectivity index (χ3v) is 2.88. The van der Waals surface area contributed by atoms with Crippen LogP contribution >= 0.6 is 0 Å². The number of carbonyl (C=O) groups is 1. The molecule has 1 N–H and O–H groups in total. The van der Waals surface area contributed by atoms with Crippen LogP contribution in [0.3, 0.4) is 0 Å². The van der Waals surface area contributed by atoms with E-state index < -0.39 is 0 Å². The Kier molecular flexibility index (Phi) is 3.58. The van der Waals surface area contributed by atoms with Gasteiger partial charge in [-0.05, 0) is 18.9 Å². The summed E-state index contributed by atoms with van der Waals surface area (Å²) in [4.78, 5) is 17.4. The molecule has 1 aliphatic heterocycles. The molecule has 92 valence electrons. The van der Waals surface area contributed by atoms with E-state index in [1.165, 1.54) is 18.5 Å². The van der Waals surface area contributed by atoms with Gasteiger partial charge in [0.05, 0.1) is 17.9 Å². The van der Waals surface area contributed by atoms with Crippen molar-refractivity contribution >= 4 is 5.91 Å². The summed E-state index contributed by atoms with van der Waals surface area (Å²) < 4.78 is 5.47. The lowest BCUT2D eigenvalue weighted by molar-refractivity contribution is 0.0584. The van der Waals surface area contributed by atoms with E-state index in [0.29, 0.717) is 6.54 Å². The molecule has 1 amide bonds. The van der Waals surface area contributed by atoms with Crippen LogP contribution in [0.25, 0.3) is 0 Å². The fraction of sp³-hybridized carbons (Fsp3) is 0.500. The smallest absolute Gasteiger partial charge is 0.257 e. The molecule has 0 saturated carbocycles. The summed E-state index contributed by atoms with van der Waals surface area (Å²) >= 11 is 0. The van der Waals surface area contributed by atoms with Gasteiger partial charge in [0.25, 0.3) is 5.91 Å². The Morgan fingerprint density at radius 3 is 3.18 bits per heavy atom. The molecule has 1 saturated heterocycles. The van der Waals surface area contributed by atoms with Crippen molar-refractivity contribution in [2.24, 2.45) is 0 Å². The molecule has 0 bridgehead atoms. The van der Waals surface area contributed by atoms with E-state index in [0.717, 1.165) is 19.4 Å². The fourth-order valence-electron chi connectivity index (χ4n) is 1.95. The van der Waals surface area contributed by atoms with Crippen LogP contribution in [0.2, 0.25) is 0 Å². The highest BCUT2D eigenvalue weighted by molar-refractivity contribution is 5.96. The minimum atomic E-state index is -0.208. The van der Waals surface area contributed by atoms with Crippen LogP contribution in [0.5, 0.6) is 5.75 Å². The Balaban J connectivity index is 2.01. The predicted molar refractivity (Wildman–Crippen MR) is 61.8 cm³/mol. The first-order valence-corrected chi connectivity index (χ1v) is 5.68. The maximum absolute atomic E-state index is 12.0. The Hall–Kier alpha value is -1.62. The van der Waals surface area contributed by atoms with Crippen molar-refractivity contribution in [3.63, 3.8) is 0 Å². The van der Waals surface area contributed by atoms with Gasteiger partial charge in [0.15, 0.2) is 0 Å². The first kappa shape index (κ1) is 11.9. The number of hydrogen-bond acceptors (Lipinski definition) is 4. The molecule has 1 atom stereocenters. The summed E-state index contributed by atoms with van der Waals surface area (Å²) in [5.41, 5.74) is 0.278. The van der Waals surface area contributed by atoms with Gasteiger partial charge in [-0.3, -0.25) is 9.78 Å². The first-order chi connectivity index (χ1) is 8.18. The second-order valence-corrected chi connectivity index (χ2v) is 4.21. The van der Waals surface area contributed by atoms with Crippen molar-refractivity contribution in [1.82, 2.24) is 9.88 Å². The molecular weight excluding hydrogens is 220 g/mol. The number of aromatic nitrogens is 1. The summed E-state index contributed by atoms with van der Waals surface area (Å²) in [6.07, 6.45) is 4.92. The van der Waals surface area contributed by atoms with Gasteiger partial charge in [-0.2, -0.15) is 0 Å². The lowest BCUT2D eigenvalue weighted by atomic mass is 10.2. The van der Waals surface area contributed by atoms with Crippen molar-refractivity contribution < 1.29 is 14.6 Å². The summed E-state index contributed by atoms with van der Waals surface area (Å²) in [6, 6.07) is 1.52. The van der Waals surface area contributed by atoms with Crippen LogP contribution in [0.4, 0.5) is 0 Å². The van der Waals surface area contributed by atoms with E-state index in [1.54, 1.807) is 11.9 Å². The van der Waals surface area contributed by atoms with Crippen LogP contribution in [-0.2, 0) is 4.74 Å². The molecule has 0 aliphatic carbocycles. The Morgan fingerprint density at radius 2 is 2.53 bits per heavy atom. The molecule has 0 spiro atoms. The monoisotopic (exact) mass is 236 g/mol. The Morgan fingerprint density at radius 1 is 1.71 bits per heavy atom. The van der Waals surface area contributed by atoms with Crippen molar-refractivity contribution in [2.45, 2.75) is 18.9 Å². The van der Waals surface area contributed by atoms with Gasteiger partial charge in [0.2, 0.25) is 0 Å². The molecule has 2 heterocycles. The standard InChI is InChI=1S/C12H16N2O3/c1-14(8-9-3-2-6-17-9)12(16)10-4-5-13-7-11(10)15/h4-5,7,9,15H,2-3,6,8H2,1H3. The zero-order valence-electron chi connectivity index (χ0n) is 9.80. The average Bonchev–Trinajstić information content (AvgIpc) is 2.81. The van der Waals surface area contributed by atoms with E-state index in [2.05, 4.69) is 4.98 Å². The van der Waals surface area contributed by atoms with Crippen LogP contribution in [0.1, 0.15) is 23.2 Å². The molecule has 1 aromatic rings. The van der Waals surface area contributed by atoms with Gasteiger partial charge in [0, 0.05) is 26.4 Å². The summed E-state index contributed by atoms with van der Waals surface area (Å²) in [7, 11) is 1.71. The highest BCUT2D eigenvalue weighted by Crippen LogP contribution is 2.18. The van der Waals surface area contributed by atoms with Crippen LogP contribution in [-0.4, -0.2) is 47.2 Å². The van der Waals surface area contributed by atoms with E-state index in [1.807, 2.05) is 0 Å². The number of aromatic hydroxyl groups is 1. The molecule has 17 heavy (non-hydrogen) atoms. The zero-order valence-corrected chi connectivity index (χ0v) is 9.80. The van der Waals surface area contributed by atoms with Gasteiger partial charge >= 0.3 is 0 Å². The second-order valence-electron chi connectivity index (χ2n) is 4.21. The van der Waals surface area contributed by atoms with Gasteiger partial charge < -0.3 is 14.7 Å². The van der Waals surface area contributed by atoms with E-state index in [4.69, 9.17) is 4.74 Å². The second kappa shape index (κ2) is 5.14. The molecule has 1 aromatic heterocycles. The van der Waals surface area contributed by atoms with Crippen molar-refractivity contribution in [3.05, 3.63) is 24.0 Å². The van der Waals surface area contributed by atoms with Crippen molar-refractivity contribution in [1.29, 1.82) is 0 Å². The van der Waals surface area contributed by atoms with Crippen LogP contribution in [0, 0.1) is 0 Å². The SMILES string of the molecule is CN(CC1CCCO1)C(=O)c1ccncc1O. The van der Waals surface area contributed by atoms with Gasteiger partial charge in [0.1, 0.15) is 5.75 Å². The lowest BCUT2D eigenvalue weighted by Crippen LogP contribution is -2.34. The fourth-order valence-corrected chi connectivity index (χ4v) is 1.95. The maximum atomic E-state index is 12.0. The Bertz CT molecular complexity index is 402. The van der Waals surface area contributed by atoms with E-state index in [9.17, 15) is 9.90 Å². The molecule has 5 heteroatoms.